The molecule has 1 aromatic heterocycles. The molecule has 0 aromatic carbocycles. The van der Waals surface area contributed by atoms with Gasteiger partial charge in [-0.3, -0.25) is 0 Å². The first kappa shape index (κ1) is 11.5. The molecule has 5 heteroatoms. The summed E-state index contributed by atoms with van der Waals surface area (Å²) >= 11 is 0. The van der Waals surface area contributed by atoms with Crippen LogP contribution in [0.4, 0.5) is 0 Å². The van der Waals surface area contributed by atoms with E-state index in [1.54, 1.807) is 0 Å². The lowest BCUT2D eigenvalue weighted by molar-refractivity contribution is 0.371. The highest BCUT2D eigenvalue weighted by Crippen LogP contribution is 2.32. The van der Waals surface area contributed by atoms with Gasteiger partial charge in [-0.05, 0) is 12.8 Å². The number of nitrogens with zero attached hydrogens (tertiary/aromatic N) is 2. The molecule has 2 rings (SSSR count). The van der Waals surface area contributed by atoms with Crippen LogP contribution < -0.4 is 5.73 Å². The minimum absolute atomic E-state index is 0. The molecule has 14 heavy (non-hydrogen) atoms. The fraction of sp³-hybridized carbons (Fsp3) is 0.778. The fourth-order valence-electron chi connectivity index (χ4n) is 1.84. The van der Waals surface area contributed by atoms with Crippen molar-refractivity contribution in [3.05, 3.63) is 11.7 Å². The summed E-state index contributed by atoms with van der Waals surface area (Å²) in [6, 6.07) is 0. The van der Waals surface area contributed by atoms with Crippen molar-refractivity contribution in [2.45, 2.75) is 38.0 Å². The zero-order chi connectivity index (χ0) is 9.10. The molecule has 2 N–H and O–H groups in total. The Kier molecular flexibility index (Phi) is 4.35. The number of hydrogen-bond acceptors (Lipinski definition) is 4. The van der Waals surface area contributed by atoms with Gasteiger partial charge in [-0.15, -0.1) is 12.4 Å². The van der Waals surface area contributed by atoms with Crippen molar-refractivity contribution < 1.29 is 4.52 Å². The van der Waals surface area contributed by atoms with E-state index in [9.17, 15) is 0 Å². The van der Waals surface area contributed by atoms with Gasteiger partial charge >= 0.3 is 0 Å². The van der Waals surface area contributed by atoms with Crippen LogP contribution in [-0.4, -0.2) is 16.7 Å². The predicted octanol–water partition coefficient (Wildman–Crippen LogP) is 1.65. The maximum Gasteiger partial charge on any atom is 0.227 e. The second kappa shape index (κ2) is 5.32. The average Bonchev–Trinajstić information content (AvgIpc) is 2.70. The van der Waals surface area contributed by atoms with Crippen molar-refractivity contribution in [1.82, 2.24) is 10.1 Å². The van der Waals surface area contributed by atoms with Crippen LogP contribution >= 0.6 is 12.4 Å². The molecule has 0 radical (unpaired) electrons. The zero-order valence-corrected chi connectivity index (χ0v) is 8.92. The average molecular weight is 218 g/mol. The van der Waals surface area contributed by atoms with Gasteiger partial charge in [0, 0.05) is 18.9 Å². The molecule has 1 saturated carbocycles. The molecular formula is C9H16ClN3O. The van der Waals surface area contributed by atoms with Crippen molar-refractivity contribution in [3.8, 4) is 0 Å². The highest BCUT2D eigenvalue weighted by atomic mass is 35.5. The van der Waals surface area contributed by atoms with E-state index < -0.39 is 0 Å². The largest absolute Gasteiger partial charge is 0.339 e. The molecule has 0 saturated heterocycles. The van der Waals surface area contributed by atoms with Crippen LogP contribution in [0.15, 0.2) is 4.52 Å². The molecular weight excluding hydrogens is 202 g/mol. The number of rotatable bonds is 3. The summed E-state index contributed by atoms with van der Waals surface area (Å²) in [5.74, 6) is 2.11. The molecule has 80 valence electrons. The summed E-state index contributed by atoms with van der Waals surface area (Å²) in [6.07, 6.45) is 5.71. The summed E-state index contributed by atoms with van der Waals surface area (Å²) < 4.78 is 5.08. The minimum Gasteiger partial charge on any atom is -0.339 e. The topological polar surface area (TPSA) is 64.9 Å². The summed E-state index contributed by atoms with van der Waals surface area (Å²) in [7, 11) is 0. The standard InChI is InChI=1S/C9H15N3O.ClH/c10-6-5-8-11-9(12-13-8)7-3-1-2-4-7;/h7H,1-6,10H2;1H. The SMILES string of the molecule is Cl.NCCc1nc(C2CCCC2)no1. The van der Waals surface area contributed by atoms with Gasteiger partial charge in [0.1, 0.15) is 0 Å². The molecule has 1 aromatic rings. The summed E-state index contributed by atoms with van der Waals surface area (Å²) in [5.41, 5.74) is 5.40. The molecule has 4 nitrogen and oxygen atoms in total. The zero-order valence-electron chi connectivity index (χ0n) is 8.11. The predicted molar refractivity (Wildman–Crippen MR) is 55.5 cm³/mol. The monoisotopic (exact) mass is 217 g/mol. The summed E-state index contributed by atoms with van der Waals surface area (Å²) in [4.78, 5) is 4.32. The van der Waals surface area contributed by atoms with Gasteiger partial charge in [-0.25, -0.2) is 0 Å². The molecule has 1 fully saturated rings. The number of nitrogens with two attached hydrogens (primary N) is 1. The molecule has 1 aliphatic rings. The summed E-state index contributed by atoms with van der Waals surface area (Å²) in [5, 5.41) is 3.98. The lowest BCUT2D eigenvalue weighted by Gasteiger charge is -1.99. The molecule has 0 bridgehead atoms. The van der Waals surface area contributed by atoms with Crippen molar-refractivity contribution in [2.24, 2.45) is 5.73 Å². The fourth-order valence-corrected chi connectivity index (χ4v) is 1.84. The van der Waals surface area contributed by atoms with E-state index in [4.69, 9.17) is 10.3 Å². The van der Waals surface area contributed by atoms with Gasteiger partial charge in [0.05, 0.1) is 0 Å². The Morgan fingerprint density at radius 1 is 1.36 bits per heavy atom. The van der Waals surface area contributed by atoms with Gasteiger partial charge in [-0.1, -0.05) is 18.0 Å². The molecule has 0 atom stereocenters. The second-order valence-electron chi connectivity index (χ2n) is 3.57. The van der Waals surface area contributed by atoms with E-state index in [-0.39, 0.29) is 12.4 Å². The first-order valence-electron chi connectivity index (χ1n) is 4.92. The Morgan fingerprint density at radius 3 is 2.71 bits per heavy atom. The summed E-state index contributed by atoms with van der Waals surface area (Å²) in [6.45, 7) is 0.576. The smallest absolute Gasteiger partial charge is 0.227 e. The lowest BCUT2D eigenvalue weighted by atomic mass is 10.1. The highest BCUT2D eigenvalue weighted by Gasteiger charge is 2.21. The van der Waals surface area contributed by atoms with Crippen LogP contribution in [0.5, 0.6) is 0 Å². The van der Waals surface area contributed by atoms with Crippen LogP contribution in [0.25, 0.3) is 0 Å². The number of aromatic nitrogens is 2. The minimum atomic E-state index is 0. The number of halogens is 1. The van der Waals surface area contributed by atoms with Crippen LogP contribution in [0.3, 0.4) is 0 Å². The van der Waals surface area contributed by atoms with E-state index in [2.05, 4.69) is 10.1 Å². The van der Waals surface area contributed by atoms with Crippen LogP contribution in [-0.2, 0) is 6.42 Å². The lowest BCUT2D eigenvalue weighted by Crippen LogP contribution is -2.03. The quantitative estimate of drug-likeness (QED) is 0.836. The molecule has 0 amide bonds. The third kappa shape index (κ3) is 2.45. The normalized spacial score (nSPS) is 16.9. The van der Waals surface area contributed by atoms with Gasteiger partial charge in [-0.2, -0.15) is 4.98 Å². The van der Waals surface area contributed by atoms with Crippen molar-refractivity contribution >= 4 is 12.4 Å². The van der Waals surface area contributed by atoms with Gasteiger partial charge in [0.2, 0.25) is 5.89 Å². The third-order valence-corrected chi connectivity index (χ3v) is 2.56. The van der Waals surface area contributed by atoms with Gasteiger partial charge in [0.25, 0.3) is 0 Å². The Bertz CT molecular complexity index is 271. The Hall–Kier alpha value is -0.610. The number of hydrogen-bond donors (Lipinski definition) is 1. The van der Waals surface area contributed by atoms with Crippen LogP contribution in [0.1, 0.15) is 43.3 Å². The van der Waals surface area contributed by atoms with Crippen LogP contribution in [0.2, 0.25) is 0 Å². The first-order chi connectivity index (χ1) is 6.40. The molecule has 0 aliphatic heterocycles. The van der Waals surface area contributed by atoms with E-state index in [1.165, 1.54) is 25.7 Å². The van der Waals surface area contributed by atoms with Gasteiger partial charge < -0.3 is 10.3 Å². The van der Waals surface area contributed by atoms with E-state index in [0.717, 1.165) is 5.82 Å². The van der Waals surface area contributed by atoms with E-state index in [1.807, 2.05) is 0 Å². The second-order valence-corrected chi connectivity index (χ2v) is 3.57. The van der Waals surface area contributed by atoms with E-state index >= 15 is 0 Å². The Labute approximate surface area is 89.7 Å². The molecule has 0 unspecified atom stereocenters. The molecule has 0 spiro atoms. The molecule has 1 heterocycles. The first-order valence-corrected chi connectivity index (χ1v) is 4.92. The highest BCUT2D eigenvalue weighted by molar-refractivity contribution is 5.85. The van der Waals surface area contributed by atoms with Crippen molar-refractivity contribution in [3.63, 3.8) is 0 Å². The third-order valence-electron chi connectivity index (χ3n) is 2.56. The van der Waals surface area contributed by atoms with Gasteiger partial charge in [0.15, 0.2) is 5.82 Å². The van der Waals surface area contributed by atoms with Crippen LogP contribution in [0, 0.1) is 0 Å². The van der Waals surface area contributed by atoms with E-state index in [0.29, 0.717) is 24.8 Å². The maximum atomic E-state index is 5.40. The Balaban J connectivity index is 0.000000980. The van der Waals surface area contributed by atoms with Crippen molar-refractivity contribution in [2.75, 3.05) is 6.54 Å². The van der Waals surface area contributed by atoms with Crippen molar-refractivity contribution in [1.29, 1.82) is 0 Å². The molecule has 1 aliphatic carbocycles. The Morgan fingerprint density at radius 2 is 2.07 bits per heavy atom. The maximum absolute atomic E-state index is 5.40.